The normalized spacial score (nSPS) is 13.7. The number of carboxylic acids is 1. The van der Waals surface area contributed by atoms with Gasteiger partial charge in [0.1, 0.15) is 5.76 Å². The molecule has 6 heteroatoms. The second-order valence-corrected chi connectivity index (χ2v) is 4.73. The van der Waals surface area contributed by atoms with Crippen molar-refractivity contribution in [1.29, 1.82) is 0 Å². The number of ketones is 1. The Hall–Kier alpha value is -2.89. The van der Waals surface area contributed by atoms with Crippen molar-refractivity contribution >= 4 is 23.3 Å². The van der Waals surface area contributed by atoms with Gasteiger partial charge in [0.15, 0.2) is 0 Å². The largest absolute Gasteiger partial charge is 0.475 e. The third kappa shape index (κ3) is 2.01. The second kappa shape index (κ2) is 4.59. The van der Waals surface area contributed by atoms with Crippen LogP contribution in [0, 0.1) is 6.92 Å². The summed E-state index contributed by atoms with van der Waals surface area (Å²) in [6.45, 7) is 1.72. The molecule has 0 radical (unpaired) electrons. The Morgan fingerprint density at radius 2 is 2.00 bits per heavy atom. The van der Waals surface area contributed by atoms with E-state index in [-0.39, 0.29) is 12.3 Å². The molecule has 0 saturated heterocycles. The first kappa shape index (κ1) is 13.1. The molecule has 3 rings (SSSR count). The van der Waals surface area contributed by atoms with E-state index in [1.165, 1.54) is 11.0 Å². The minimum absolute atomic E-state index is 0.101. The minimum Gasteiger partial charge on any atom is -0.475 e. The topological polar surface area (TPSA) is 87.8 Å². The van der Waals surface area contributed by atoms with Crippen molar-refractivity contribution in [2.45, 2.75) is 13.5 Å². The second-order valence-electron chi connectivity index (χ2n) is 4.73. The summed E-state index contributed by atoms with van der Waals surface area (Å²) in [5.41, 5.74) is 1.46. The van der Waals surface area contributed by atoms with Crippen LogP contribution in [-0.4, -0.2) is 22.8 Å². The average Bonchev–Trinajstić information content (AvgIpc) is 2.94. The van der Waals surface area contributed by atoms with E-state index in [0.717, 1.165) is 0 Å². The number of nitrogens with zero attached hydrogens (tertiary/aromatic N) is 1. The zero-order valence-corrected chi connectivity index (χ0v) is 11.1. The van der Waals surface area contributed by atoms with Crippen LogP contribution in [0.2, 0.25) is 0 Å². The van der Waals surface area contributed by atoms with Gasteiger partial charge in [0.25, 0.3) is 11.7 Å². The molecule has 0 aliphatic carbocycles. The number of carbonyl (C=O) groups excluding carboxylic acids is 2. The van der Waals surface area contributed by atoms with Crippen molar-refractivity contribution in [1.82, 2.24) is 0 Å². The molecule has 0 saturated carbocycles. The van der Waals surface area contributed by atoms with E-state index >= 15 is 0 Å². The lowest BCUT2D eigenvalue weighted by molar-refractivity contribution is -0.114. The molecule has 0 fully saturated rings. The number of fused-ring (bicyclic) bond motifs is 1. The summed E-state index contributed by atoms with van der Waals surface area (Å²) in [5.74, 6) is -2.11. The minimum atomic E-state index is -1.17. The van der Waals surface area contributed by atoms with Crippen molar-refractivity contribution < 1.29 is 23.9 Å². The lowest BCUT2D eigenvalue weighted by Crippen LogP contribution is -2.29. The summed E-state index contributed by atoms with van der Waals surface area (Å²) < 4.78 is 5.11. The molecule has 6 nitrogen and oxygen atoms in total. The molecule has 1 aliphatic heterocycles. The first-order valence-corrected chi connectivity index (χ1v) is 6.27. The van der Waals surface area contributed by atoms with Crippen LogP contribution in [0.25, 0.3) is 0 Å². The summed E-state index contributed by atoms with van der Waals surface area (Å²) in [6, 6.07) is 8.09. The summed E-state index contributed by atoms with van der Waals surface area (Å²) in [4.78, 5) is 36.2. The van der Waals surface area contributed by atoms with E-state index in [0.29, 0.717) is 22.6 Å². The molecule has 2 heterocycles. The molecule has 106 valence electrons. The molecule has 0 unspecified atom stereocenters. The molecular formula is C15H11NO5. The van der Waals surface area contributed by atoms with Gasteiger partial charge in [0.05, 0.1) is 17.8 Å². The highest BCUT2D eigenvalue weighted by atomic mass is 16.4. The number of aromatic carboxylic acids is 1. The van der Waals surface area contributed by atoms with Crippen molar-refractivity contribution in [3.8, 4) is 0 Å². The Labute approximate surface area is 119 Å². The van der Waals surface area contributed by atoms with Gasteiger partial charge in [0, 0.05) is 5.56 Å². The fourth-order valence-corrected chi connectivity index (χ4v) is 2.36. The number of furan rings is 1. The number of carbonyl (C=O) groups is 3. The lowest BCUT2D eigenvalue weighted by Gasteiger charge is -2.15. The zero-order valence-electron chi connectivity index (χ0n) is 11.1. The molecule has 21 heavy (non-hydrogen) atoms. The zero-order chi connectivity index (χ0) is 15.1. The maximum Gasteiger partial charge on any atom is 0.371 e. The van der Waals surface area contributed by atoms with Crippen LogP contribution in [0.5, 0.6) is 0 Å². The highest BCUT2D eigenvalue weighted by Gasteiger charge is 2.35. The highest BCUT2D eigenvalue weighted by molar-refractivity contribution is 6.52. The van der Waals surface area contributed by atoms with E-state index in [9.17, 15) is 14.4 Å². The summed E-state index contributed by atoms with van der Waals surface area (Å²) in [5, 5.41) is 8.91. The molecule has 0 bridgehead atoms. The van der Waals surface area contributed by atoms with E-state index in [4.69, 9.17) is 9.52 Å². The first-order valence-electron chi connectivity index (χ1n) is 6.27. The Kier molecular flexibility index (Phi) is 2.86. The van der Waals surface area contributed by atoms with Crippen LogP contribution in [0.15, 0.2) is 34.7 Å². The molecule has 1 N–H and O–H groups in total. The van der Waals surface area contributed by atoms with E-state index in [1.807, 2.05) is 0 Å². The molecule has 0 spiro atoms. The molecule has 2 aromatic rings. The van der Waals surface area contributed by atoms with Gasteiger partial charge in [0.2, 0.25) is 5.76 Å². The van der Waals surface area contributed by atoms with Crippen molar-refractivity contribution in [2.24, 2.45) is 0 Å². The van der Waals surface area contributed by atoms with Crippen LogP contribution in [0.3, 0.4) is 0 Å². The van der Waals surface area contributed by atoms with Gasteiger partial charge < -0.3 is 14.4 Å². The van der Waals surface area contributed by atoms with Gasteiger partial charge in [-0.25, -0.2) is 4.79 Å². The standard InChI is InChI=1S/C15H11NO5/c1-8-9(6-12(21-8)15(19)20)7-16-11-5-3-2-4-10(11)13(17)14(16)18/h2-6H,7H2,1H3,(H,19,20). The Bertz CT molecular complexity index is 774. The Morgan fingerprint density at radius 1 is 1.29 bits per heavy atom. The molecule has 1 aliphatic rings. The quantitative estimate of drug-likeness (QED) is 0.871. The van der Waals surface area contributed by atoms with Gasteiger partial charge in [-0.15, -0.1) is 0 Å². The maximum absolute atomic E-state index is 12.0. The number of benzene rings is 1. The average molecular weight is 285 g/mol. The van der Waals surface area contributed by atoms with Crippen LogP contribution in [0.1, 0.15) is 32.2 Å². The number of para-hydroxylation sites is 1. The van der Waals surface area contributed by atoms with Gasteiger partial charge in [-0.1, -0.05) is 12.1 Å². The Morgan fingerprint density at radius 3 is 2.67 bits per heavy atom. The third-order valence-electron chi connectivity index (χ3n) is 3.44. The van der Waals surface area contributed by atoms with E-state index < -0.39 is 17.7 Å². The SMILES string of the molecule is Cc1oc(C(=O)O)cc1CN1C(=O)C(=O)c2ccccc21. The smallest absolute Gasteiger partial charge is 0.371 e. The third-order valence-corrected chi connectivity index (χ3v) is 3.44. The predicted molar refractivity (Wildman–Crippen MR) is 72.4 cm³/mol. The van der Waals surface area contributed by atoms with Crippen LogP contribution in [0.4, 0.5) is 5.69 Å². The van der Waals surface area contributed by atoms with Gasteiger partial charge in [-0.2, -0.15) is 0 Å². The predicted octanol–water partition coefficient (Wildman–Crippen LogP) is 2.02. The molecule has 1 aromatic carbocycles. The maximum atomic E-state index is 12.0. The lowest BCUT2D eigenvalue weighted by atomic mass is 10.1. The molecule has 1 amide bonds. The van der Waals surface area contributed by atoms with Crippen molar-refractivity contribution in [2.75, 3.05) is 4.90 Å². The van der Waals surface area contributed by atoms with Gasteiger partial charge in [-0.05, 0) is 25.1 Å². The number of amides is 1. The summed E-state index contributed by atoms with van der Waals surface area (Å²) >= 11 is 0. The van der Waals surface area contributed by atoms with Gasteiger partial charge >= 0.3 is 5.97 Å². The number of hydrogen-bond donors (Lipinski definition) is 1. The monoisotopic (exact) mass is 285 g/mol. The van der Waals surface area contributed by atoms with Crippen LogP contribution >= 0.6 is 0 Å². The number of carboxylic acid groups (broad SMARTS) is 1. The number of hydrogen-bond acceptors (Lipinski definition) is 4. The highest BCUT2D eigenvalue weighted by Crippen LogP contribution is 2.30. The number of Topliss-reactive ketones (excluding diaryl/α,β-unsaturated/α-hetero) is 1. The molecule has 1 aromatic heterocycles. The van der Waals surface area contributed by atoms with Crippen molar-refractivity contribution in [3.63, 3.8) is 0 Å². The number of anilines is 1. The van der Waals surface area contributed by atoms with Crippen molar-refractivity contribution in [3.05, 3.63) is 53.0 Å². The summed E-state index contributed by atoms with van der Waals surface area (Å²) in [7, 11) is 0. The van der Waals surface area contributed by atoms with E-state index in [2.05, 4.69) is 0 Å². The van der Waals surface area contributed by atoms with Crippen LogP contribution in [-0.2, 0) is 11.3 Å². The number of rotatable bonds is 3. The van der Waals surface area contributed by atoms with Gasteiger partial charge in [-0.3, -0.25) is 9.59 Å². The fraction of sp³-hybridized carbons (Fsp3) is 0.133. The summed E-state index contributed by atoms with van der Waals surface area (Å²) in [6.07, 6.45) is 0. The fourth-order valence-electron chi connectivity index (χ4n) is 2.36. The molecular weight excluding hydrogens is 274 g/mol. The number of aryl methyl sites for hydroxylation is 1. The molecule has 0 atom stereocenters. The first-order chi connectivity index (χ1) is 9.99. The Balaban J connectivity index is 1.97. The van der Waals surface area contributed by atoms with E-state index in [1.54, 1.807) is 31.2 Å². The van der Waals surface area contributed by atoms with Crippen LogP contribution < -0.4 is 4.90 Å².